The van der Waals surface area contributed by atoms with E-state index in [1.807, 2.05) is 6.92 Å². The maximum Gasteiger partial charge on any atom is 0.248 e. The first-order chi connectivity index (χ1) is 9.05. The maximum absolute atomic E-state index is 12.5. The van der Waals surface area contributed by atoms with Gasteiger partial charge in [-0.3, -0.25) is 4.68 Å². The minimum Gasteiger partial charge on any atom is -0.381 e. The second-order valence-electron chi connectivity index (χ2n) is 4.51. The third kappa shape index (κ3) is 3.07. The maximum atomic E-state index is 12.5. The Labute approximate surface area is 113 Å². The molecule has 19 heavy (non-hydrogen) atoms. The van der Waals surface area contributed by atoms with E-state index in [9.17, 15) is 8.42 Å². The van der Waals surface area contributed by atoms with Crippen molar-refractivity contribution in [2.45, 2.75) is 31.2 Å². The van der Waals surface area contributed by atoms with Crippen LogP contribution in [-0.2, 0) is 21.3 Å². The second kappa shape index (κ2) is 5.89. The zero-order valence-electron chi connectivity index (χ0n) is 11.1. The Morgan fingerprint density at radius 3 is 2.95 bits per heavy atom. The van der Waals surface area contributed by atoms with Crippen LogP contribution in [0.4, 0.5) is 5.82 Å². The molecule has 1 fully saturated rings. The Hall–Kier alpha value is -1.12. The number of aryl methyl sites for hydroxylation is 1. The van der Waals surface area contributed by atoms with Gasteiger partial charge in [0, 0.05) is 32.4 Å². The summed E-state index contributed by atoms with van der Waals surface area (Å²) in [5.41, 5.74) is 5.73. The van der Waals surface area contributed by atoms with Crippen LogP contribution in [0.5, 0.6) is 0 Å². The number of rotatable bonds is 4. The molecular formula is C11H20N4O3S. The van der Waals surface area contributed by atoms with Gasteiger partial charge in [0.15, 0.2) is 5.82 Å². The molecule has 0 atom stereocenters. The molecule has 0 aromatic carbocycles. The van der Waals surface area contributed by atoms with Crippen LogP contribution in [0.25, 0.3) is 0 Å². The Bertz CT molecular complexity index is 518. The zero-order chi connectivity index (χ0) is 13.9. The summed E-state index contributed by atoms with van der Waals surface area (Å²) < 4.78 is 33.3. The van der Waals surface area contributed by atoms with Crippen LogP contribution in [0, 0.1) is 0 Å². The van der Waals surface area contributed by atoms with Crippen molar-refractivity contribution in [3.05, 3.63) is 6.20 Å². The average Bonchev–Trinajstić information content (AvgIpc) is 2.60. The molecule has 1 aromatic heterocycles. The Morgan fingerprint density at radius 1 is 1.42 bits per heavy atom. The van der Waals surface area contributed by atoms with Crippen LogP contribution in [0.15, 0.2) is 11.1 Å². The number of anilines is 1. The van der Waals surface area contributed by atoms with E-state index in [-0.39, 0.29) is 10.7 Å². The number of nitrogens with two attached hydrogens (primary N) is 1. The molecule has 0 saturated carbocycles. The molecule has 1 aliphatic rings. The fourth-order valence-electron chi connectivity index (χ4n) is 2.06. The van der Waals surface area contributed by atoms with E-state index in [0.29, 0.717) is 39.3 Å². The Morgan fingerprint density at radius 2 is 2.21 bits per heavy atom. The van der Waals surface area contributed by atoms with E-state index in [4.69, 9.17) is 10.5 Å². The quantitative estimate of drug-likeness (QED) is 0.859. The van der Waals surface area contributed by atoms with Gasteiger partial charge in [-0.15, -0.1) is 0 Å². The first-order valence-corrected chi connectivity index (χ1v) is 7.90. The number of hydrogen-bond acceptors (Lipinski definition) is 5. The van der Waals surface area contributed by atoms with E-state index < -0.39 is 10.0 Å². The lowest BCUT2D eigenvalue weighted by atomic mass is 10.5. The van der Waals surface area contributed by atoms with Gasteiger partial charge >= 0.3 is 0 Å². The highest BCUT2D eigenvalue weighted by molar-refractivity contribution is 7.89. The van der Waals surface area contributed by atoms with E-state index in [2.05, 4.69) is 5.10 Å². The van der Waals surface area contributed by atoms with Crippen molar-refractivity contribution in [2.24, 2.45) is 0 Å². The molecule has 2 rings (SSSR count). The molecule has 8 heteroatoms. The van der Waals surface area contributed by atoms with Gasteiger partial charge in [0.25, 0.3) is 0 Å². The van der Waals surface area contributed by atoms with Gasteiger partial charge in [0.1, 0.15) is 4.90 Å². The summed E-state index contributed by atoms with van der Waals surface area (Å²) in [6, 6.07) is 0. The molecule has 0 radical (unpaired) electrons. The number of nitrogen functional groups attached to an aromatic ring is 1. The van der Waals surface area contributed by atoms with Crippen LogP contribution in [0.1, 0.15) is 19.8 Å². The minimum atomic E-state index is -3.57. The van der Waals surface area contributed by atoms with Crippen molar-refractivity contribution in [2.75, 3.05) is 32.0 Å². The smallest absolute Gasteiger partial charge is 0.248 e. The highest BCUT2D eigenvalue weighted by atomic mass is 32.2. The van der Waals surface area contributed by atoms with E-state index in [0.717, 1.165) is 6.42 Å². The Balaban J connectivity index is 2.27. The summed E-state index contributed by atoms with van der Waals surface area (Å²) in [7, 11) is -3.57. The first-order valence-electron chi connectivity index (χ1n) is 6.46. The summed E-state index contributed by atoms with van der Waals surface area (Å²) in [6.07, 6.45) is 3.08. The average molecular weight is 288 g/mol. The zero-order valence-corrected chi connectivity index (χ0v) is 11.9. The lowest BCUT2D eigenvalue weighted by Gasteiger charge is -2.18. The van der Waals surface area contributed by atoms with Crippen molar-refractivity contribution in [3.8, 4) is 0 Å². The van der Waals surface area contributed by atoms with E-state index >= 15 is 0 Å². The molecule has 108 valence electrons. The molecule has 2 heterocycles. The summed E-state index contributed by atoms with van der Waals surface area (Å²) >= 11 is 0. The van der Waals surface area contributed by atoms with Gasteiger partial charge in [-0.2, -0.15) is 9.40 Å². The second-order valence-corrected chi connectivity index (χ2v) is 6.42. The van der Waals surface area contributed by atoms with Gasteiger partial charge in [0.2, 0.25) is 10.0 Å². The highest BCUT2D eigenvalue weighted by Gasteiger charge is 2.29. The van der Waals surface area contributed by atoms with Crippen molar-refractivity contribution in [1.82, 2.24) is 14.1 Å². The molecule has 0 bridgehead atoms. The van der Waals surface area contributed by atoms with Crippen molar-refractivity contribution >= 4 is 15.8 Å². The van der Waals surface area contributed by atoms with Crippen molar-refractivity contribution in [1.29, 1.82) is 0 Å². The predicted octanol–water partition coefficient (Wildman–Crippen LogP) is 0.286. The fraction of sp³-hybridized carbons (Fsp3) is 0.727. The van der Waals surface area contributed by atoms with Gasteiger partial charge in [-0.1, -0.05) is 6.92 Å². The van der Waals surface area contributed by atoms with Crippen LogP contribution >= 0.6 is 0 Å². The number of nitrogens with zero attached hydrogens (tertiary/aromatic N) is 3. The Kier molecular flexibility index (Phi) is 4.43. The topological polar surface area (TPSA) is 90.5 Å². The lowest BCUT2D eigenvalue weighted by Crippen LogP contribution is -2.33. The third-order valence-corrected chi connectivity index (χ3v) is 4.92. The number of hydrogen-bond donors (Lipinski definition) is 1. The normalized spacial score (nSPS) is 18.4. The van der Waals surface area contributed by atoms with Crippen LogP contribution in [-0.4, -0.2) is 48.8 Å². The van der Waals surface area contributed by atoms with Gasteiger partial charge < -0.3 is 10.5 Å². The molecule has 1 saturated heterocycles. The van der Waals surface area contributed by atoms with Gasteiger partial charge in [0.05, 0.1) is 6.61 Å². The van der Waals surface area contributed by atoms with Gasteiger partial charge in [-0.25, -0.2) is 8.42 Å². The summed E-state index contributed by atoms with van der Waals surface area (Å²) in [6.45, 7) is 4.49. The number of ether oxygens (including phenoxy) is 1. The van der Waals surface area contributed by atoms with E-state index in [1.165, 1.54) is 10.5 Å². The van der Waals surface area contributed by atoms with Gasteiger partial charge in [-0.05, 0) is 12.8 Å². The van der Waals surface area contributed by atoms with Crippen LogP contribution in [0.3, 0.4) is 0 Å². The van der Waals surface area contributed by atoms with Crippen LogP contribution in [0.2, 0.25) is 0 Å². The molecule has 0 amide bonds. The number of sulfonamides is 1. The molecule has 0 spiro atoms. The lowest BCUT2D eigenvalue weighted by molar-refractivity contribution is 0.148. The predicted molar refractivity (Wildman–Crippen MR) is 71.1 cm³/mol. The van der Waals surface area contributed by atoms with Crippen LogP contribution < -0.4 is 5.73 Å². The molecule has 7 nitrogen and oxygen atoms in total. The molecule has 1 aromatic rings. The minimum absolute atomic E-state index is 0.0682. The van der Waals surface area contributed by atoms with E-state index in [1.54, 1.807) is 4.68 Å². The van der Waals surface area contributed by atoms with Crippen molar-refractivity contribution in [3.63, 3.8) is 0 Å². The first kappa shape index (κ1) is 14.3. The molecule has 2 N–H and O–H groups in total. The summed E-state index contributed by atoms with van der Waals surface area (Å²) in [4.78, 5) is 0.0999. The molecule has 1 aliphatic heterocycles. The molecule has 0 aliphatic carbocycles. The molecule has 0 unspecified atom stereocenters. The molecular weight excluding hydrogens is 268 g/mol. The summed E-state index contributed by atoms with van der Waals surface area (Å²) in [5, 5.41) is 4.04. The monoisotopic (exact) mass is 288 g/mol. The van der Waals surface area contributed by atoms with Crippen molar-refractivity contribution < 1.29 is 13.2 Å². The SMILES string of the molecule is CCCn1cc(S(=O)(=O)N2CCCOCC2)c(N)n1. The highest BCUT2D eigenvalue weighted by Crippen LogP contribution is 2.22. The largest absolute Gasteiger partial charge is 0.381 e. The third-order valence-electron chi connectivity index (χ3n) is 3.01. The fourth-order valence-corrected chi connectivity index (χ4v) is 3.59. The standard InChI is InChI=1S/C11H20N4O3S/c1-2-4-14-9-10(11(12)13-14)19(16,17)15-5-3-7-18-8-6-15/h9H,2-8H2,1H3,(H2,12,13). The summed E-state index contributed by atoms with van der Waals surface area (Å²) in [5.74, 6) is 0.0682. The number of aromatic nitrogens is 2.